The van der Waals surface area contributed by atoms with Crippen LogP contribution in [0.5, 0.6) is 0 Å². The minimum atomic E-state index is -0.983. The van der Waals surface area contributed by atoms with E-state index in [-0.39, 0.29) is 96.2 Å². The van der Waals surface area contributed by atoms with Crippen LogP contribution >= 0.6 is 0 Å². The van der Waals surface area contributed by atoms with E-state index in [4.69, 9.17) is 18.9 Å². The van der Waals surface area contributed by atoms with Crippen LogP contribution in [0, 0.1) is 107 Å². The summed E-state index contributed by atoms with van der Waals surface area (Å²) in [6, 6.07) is 0. The molecule has 6 saturated carbocycles. The van der Waals surface area contributed by atoms with Crippen LogP contribution in [0.25, 0.3) is 0 Å². The molecule has 0 amide bonds. The van der Waals surface area contributed by atoms with E-state index in [2.05, 4.69) is 13.8 Å². The predicted molar refractivity (Wildman–Crippen MR) is 190 cm³/mol. The van der Waals surface area contributed by atoms with Gasteiger partial charge in [0.2, 0.25) is 0 Å². The summed E-state index contributed by atoms with van der Waals surface area (Å²) < 4.78 is 21.9. The van der Waals surface area contributed by atoms with Gasteiger partial charge >= 0.3 is 35.8 Å². The molecule has 0 aromatic rings. The van der Waals surface area contributed by atoms with Crippen LogP contribution in [-0.2, 0) is 47.7 Å². The van der Waals surface area contributed by atoms with Gasteiger partial charge in [-0.3, -0.25) is 28.8 Å². The number of hydrogen-bond acceptors (Lipinski definition) is 11. The van der Waals surface area contributed by atoms with Gasteiger partial charge in [0.05, 0.1) is 49.2 Å². The fourth-order valence-corrected chi connectivity index (χ4v) is 13.7. The Hall–Kier alpha value is -3.02. The first-order valence-corrected chi connectivity index (χ1v) is 20.6. The van der Waals surface area contributed by atoms with Crippen LogP contribution in [0.4, 0.5) is 0 Å². The van der Waals surface area contributed by atoms with Crippen molar-refractivity contribution >= 4 is 35.8 Å². The molecule has 0 spiro atoms. The second kappa shape index (κ2) is 14.8. The van der Waals surface area contributed by atoms with Crippen molar-refractivity contribution in [2.75, 3.05) is 20.3 Å². The summed E-state index contributed by atoms with van der Waals surface area (Å²) in [5.41, 5.74) is -0.591. The van der Waals surface area contributed by atoms with Gasteiger partial charge in [0.25, 0.3) is 0 Å². The molecule has 1 aliphatic heterocycles. The van der Waals surface area contributed by atoms with E-state index in [1.165, 1.54) is 7.11 Å². The van der Waals surface area contributed by atoms with Crippen molar-refractivity contribution in [1.82, 2.24) is 0 Å². The van der Waals surface area contributed by atoms with Crippen molar-refractivity contribution in [3.63, 3.8) is 0 Å². The van der Waals surface area contributed by atoms with Crippen molar-refractivity contribution in [2.45, 2.75) is 98.0 Å². The summed E-state index contributed by atoms with van der Waals surface area (Å²) in [6.07, 6.45) is 5.73. The number of aliphatic hydroxyl groups excluding tert-OH is 1. The van der Waals surface area contributed by atoms with Crippen LogP contribution < -0.4 is 0 Å². The van der Waals surface area contributed by atoms with Crippen molar-refractivity contribution in [3.8, 4) is 0 Å². The fourth-order valence-electron chi connectivity index (χ4n) is 13.7. The zero-order valence-electron chi connectivity index (χ0n) is 32.6. The van der Waals surface area contributed by atoms with Crippen LogP contribution in [-0.4, -0.2) is 72.0 Å². The molecule has 12 heteroatoms. The molecule has 6 bridgehead atoms. The topological polar surface area (TPSA) is 180 Å². The third-order valence-corrected chi connectivity index (χ3v) is 15.9. The summed E-state index contributed by atoms with van der Waals surface area (Å²) in [5.74, 6) is -5.41. The molecule has 300 valence electrons. The number of carboxylic acid groups (broad SMARTS) is 1. The van der Waals surface area contributed by atoms with Gasteiger partial charge in [-0.25, -0.2) is 0 Å². The molecule has 54 heavy (non-hydrogen) atoms. The van der Waals surface area contributed by atoms with Crippen LogP contribution in [0.15, 0.2) is 0 Å². The van der Waals surface area contributed by atoms with E-state index in [1.54, 1.807) is 0 Å². The number of cyclic esters (lactones) is 2. The SMILES string of the molecule is COC(=O)C1C2CC(C(CC3C(CC4C(=O)OC(=O)C4CC4C(C)C5CC(C(=O)OC(C)(C)C)C4C5)C4CC(C(=O)OCCCO)C3C4)C2C)C1C(=O)O. The first-order valence-electron chi connectivity index (χ1n) is 20.6. The Morgan fingerprint density at radius 2 is 1.30 bits per heavy atom. The molecular weight excluding hydrogens is 696 g/mol. The largest absolute Gasteiger partial charge is 0.481 e. The molecule has 0 aromatic heterocycles. The Morgan fingerprint density at radius 1 is 0.704 bits per heavy atom. The second-order valence-corrected chi connectivity index (χ2v) is 19.3. The maximum atomic E-state index is 13.6. The van der Waals surface area contributed by atoms with Crippen LogP contribution in [0.1, 0.15) is 92.4 Å². The summed E-state index contributed by atoms with van der Waals surface area (Å²) in [4.78, 5) is 79.2. The Labute approximate surface area is 318 Å². The molecule has 18 atom stereocenters. The molecule has 1 heterocycles. The van der Waals surface area contributed by atoms with Crippen molar-refractivity contribution < 1.29 is 57.9 Å². The van der Waals surface area contributed by atoms with Gasteiger partial charge in [-0.15, -0.1) is 0 Å². The third kappa shape index (κ3) is 6.78. The van der Waals surface area contributed by atoms with Crippen molar-refractivity contribution in [2.24, 2.45) is 107 Å². The zero-order chi connectivity index (χ0) is 39.0. The number of fused-ring (bicyclic) bond motifs is 6. The number of carbonyl (C=O) groups excluding carboxylic acids is 5. The average Bonchev–Trinajstić information content (AvgIpc) is 3.97. The molecule has 7 rings (SSSR count). The Morgan fingerprint density at radius 3 is 1.91 bits per heavy atom. The summed E-state index contributed by atoms with van der Waals surface area (Å²) in [5, 5.41) is 19.6. The van der Waals surface area contributed by atoms with Gasteiger partial charge in [-0.2, -0.15) is 0 Å². The highest BCUT2D eigenvalue weighted by Crippen LogP contribution is 2.65. The van der Waals surface area contributed by atoms with E-state index in [9.17, 15) is 39.0 Å². The average molecular weight is 757 g/mol. The lowest BCUT2D eigenvalue weighted by atomic mass is 9.61. The molecule has 7 aliphatic rings. The first kappa shape index (κ1) is 39.2. The predicted octanol–water partition coefficient (Wildman–Crippen LogP) is 4.93. The maximum absolute atomic E-state index is 13.6. The second-order valence-electron chi connectivity index (χ2n) is 19.3. The van der Waals surface area contributed by atoms with Crippen LogP contribution in [0.3, 0.4) is 0 Å². The number of methoxy groups -OCH3 is 1. The molecule has 0 radical (unpaired) electrons. The highest BCUT2D eigenvalue weighted by Gasteiger charge is 2.64. The number of carbonyl (C=O) groups is 6. The van der Waals surface area contributed by atoms with Gasteiger partial charge in [-0.05, 0) is 143 Å². The Kier molecular flexibility index (Phi) is 10.8. The normalized spacial score (nSPS) is 44.5. The van der Waals surface area contributed by atoms with Crippen molar-refractivity contribution in [3.05, 3.63) is 0 Å². The zero-order valence-corrected chi connectivity index (χ0v) is 32.6. The molecule has 0 aromatic carbocycles. The molecule has 18 unspecified atom stereocenters. The van der Waals surface area contributed by atoms with Gasteiger partial charge in [0, 0.05) is 13.0 Å². The van der Waals surface area contributed by atoms with E-state index in [0.717, 1.165) is 19.3 Å². The standard InChI is InChI=1S/C42H60O12/c1-18-20-10-26(31(11-20)40(49)54-42(3,4)5)22(18)15-32-33(39(48)53-38(32)47)17-25-21-12-27(30(13-21)37(46)52-9-7-8-43)28(25)14-23-19(2)24-16-29(23)34(36(44)45)35(24)41(50)51-6/h18-35,43H,7-17H2,1-6H3,(H,44,45). The molecule has 1 saturated heterocycles. The van der Waals surface area contributed by atoms with E-state index < -0.39 is 53.1 Å². The summed E-state index contributed by atoms with van der Waals surface area (Å²) in [7, 11) is 1.30. The number of aliphatic carboxylic acids is 1. The minimum Gasteiger partial charge on any atom is -0.481 e. The summed E-state index contributed by atoms with van der Waals surface area (Å²) in [6.45, 7) is 9.99. The van der Waals surface area contributed by atoms with E-state index >= 15 is 0 Å². The first-order chi connectivity index (χ1) is 25.5. The van der Waals surface area contributed by atoms with E-state index in [1.807, 2.05) is 20.8 Å². The monoisotopic (exact) mass is 756 g/mol. The lowest BCUT2D eigenvalue weighted by Gasteiger charge is -2.42. The number of ether oxygens (including phenoxy) is 4. The fraction of sp³-hybridized carbons (Fsp3) is 0.857. The lowest BCUT2D eigenvalue weighted by Crippen LogP contribution is -2.44. The smallest absolute Gasteiger partial charge is 0.317 e. The molecule has 12 nitrogen and oxygen atoms in total. The number of esters is 5. The van der Waals surface area contributed by atoms with Gasteiger partial charge in [0.15, 0.2) is 0 Å². The summed E-state index contributed by atoms with van der Waals surface area (Å²) >= 11 is 0. The van der Waals surface area contributed by atoms with Gasteiger partial charge in [0.1, 0.15) is 5.60 Å². The van der Waals surface area contributed by atoms with E-state index in [0.29, 0.717) is 50.4 Å². The number of carboxylic acids is 1. The highest BCUT2D eigenvalue weighted by molar-refractivity contribution is 5.96. The van der Waals surface area contributed by atoms with Crippen LogP contribution in [0.2, 0.25) is 0 Å². The maximum Gasteiger partial charge on any atom is 0.317 e. The molecular formula is C42H60O12. The number of hydrogen-bond donors (Lipinski definition) is 2. The Bertz CT molecular complexity index is 1520. The van der Waals surface area contributed by atoms with Crippen molar-refractivity contribution in [1.29, 1.82) is 0 Å². The number of aliphatic hydroxyl groups is 1. The molecule has 2 N–H and O–H groups in total. The highest BCUT2D eigenvalue weighted by atomic mass is 16.6. The lowest BCUT2D eigenvalue weighted by molar-refractivity contribution is -0.163. The number of rotatable bonds is 13. The quantitative estimate of drug-likeness (QED) is 0.112. The van der Waals surface area contributed by atoms with Gasteiger partial charge in [-0.1, -0.05) is 13.8 Å². The van der Waals surface area contributed by atoms with Gasteiger partial charge < -0.3 is 29.2 Å². The Balaban J connectivity index is 1.12. The molecule has 6 aliphatic carbocycles. The minimum absolute atomic E-state index is 0.000851. The third-order valence-electron chi connectivity index (χ3n) is 15.9. The molecule has 7 fully saturated rings.